The van der Waals surface area contributed by atoms with Gasteiger partial charge in [-0.25, -0.2) is 4.99 Å². The summed E-state index contributed by atoms with van der Waals surface area (Å²) in [6.45, 7) is 4.98. The van der Waals surface area contributed by atoms with Crippen molar-refractivity contribution in [1.29, 1.82) is 0 Å². The molecule has 0 atom stereocenters. The summed E-state index contributed by atoms with van der Waals surface area (Å²) in [5.74, 6) is 1.07. The van der Waals surface area contributed by atoms with E-state index in [9.17, 15) is 9.59 Å². The minimum Gasteiger partial charge on any atom is -0.493 e. The average molecular weight is 524 g/mol. The van der Waals surface area contributed by atoms with Crippen LogP contribution in [0.25, 0.3) is 6.08 Å². The molecule has 0 bridgehead atoms. The van der Waals surface area contributed by atoms with Crippen molar-refractivity contribution in [2.45, 2.75) is 26.2 Å². The van der Waals surface area contributed by atoms with Gasteiger partial charge < -0.3 is 19.1 Å². The van der Waals surface area contributed by atoms with Gasteiger partial charge in [0.25, 0.3) is 11.8 Å². The number of methoxy groups -OCH3 is 1. The van der Waals surface area contributed by atoms with Crippen LogP contribution in [0.1, 0.15) is 42.1 Å². The number of amides is 2. The van der Waals surface area contributed by atoms with Crippen LogP contribution in [0.2, 0.25) is 0 Å². The molecule has 37 heavy (non-hydrogen) atoms. The number of hydrogen-bond donors (Lipinski definition) is 0. The normalized spacial score (nSPS) is 18.1. The van der Waals surface area contributed by atoms with Crippen molar-refractivity contribution in [3.8, 4) is 11.5 Å². The molecule has 0 aliphatic carbocycles. The molecule has 2 saturated heterocycles. The number of aliphatic imine (C=N–C) groups is 1. The molecule has 2 amide bonds. The van der Waals surface area contributed by atoms with Crippen LogP contribution in [-0.2, 0) is 9.53 Å². The minimum atomic E-state index is -0.149. The molecule has 4 rings (SSSR count). The summed E-state index contributed by atoms with van der Waals surface area (Å²) in [5.41, 5.74) is 1.96. The van der Waals surface area contributed by atoms with Crippen LogP contribution < -0.4 is 9.47 Å². The molecule has 0 radical (unpaired) electrons. The molecule has 0 spiro atoms. The number of likely N-dealkylation sites (N-methyl/N-ethyl adjacent to an activating group) is 1. The summed E-state index contributed by atoms with van der Waals surface area (Å²) >= 11 is 1.29. The van der Waals surface area contributed by atoms with Gasteiger partial charge in [0.05, 0.1) is 37.5 Å². The number of nitrogens with zero attached hydrogens (tertiary/aromatic N) is 3. The SMILES string of the molecule is CCCCCOc1c(/C=C2/SC(=Nc3cccc(C(=O)N4CCOCC4)c3)N(C)C2=O)cccc1OC. The van der Waals surface area contributed by atoms with Crippen molar-refractivity contribution in [3.05, 3.63) is 58.5 Å². The standard InChI is InChI=1S/C28H33N3O5S/c1-4-5-6-15-36-25-20(9-8-12-23(25)34-3)19-24-27(33)30(2)28(37-24)29-22-11-7-10-21(18-22)26(32)31-13-16-35-17-14-31/h7-12,18-19H,4-6,13-17H2,1-3H3/b24-19+,29-28?. The first kappa shape index (κ1) is 26.8. The van der Waals surface area contributed by atoms with Crippen LogP contribution in [0.3, 0.4) is 0 Å². The summed E-state index contributed by atoms with van der Waals surface area (Å²) < 4.78 is 16.9. The van der Waals surface area contributed by atoms with Gasteiger partial charge in [0.15, 0.2) is 16.7 Å². The molecule has 196 valence electrons. The molecular weight excluding hydrogens is 490 g/mol. The maximum absolute atomic E-state index is 13.1. The van der Waals surface area contributed by atoms with E-state index >= 15 is 0 Å². The molecule has 8 nitrogen and oxygen atoms in total. The summed E-state index contributed by atoms with van der Waals surface area (Å²) in [6.07, 6.45) is 4.97. The number of ether oxygens (including phenoxy) is 3. The molecule has 0 N–H and O–H groups in total. The maximum atomic E-state index is 13.1. The second-order valence-electron chi connectivity index (χ2n) is 8.76. The lowest BCUT2D eigenvalue weighted by Gasteiger charge is -2.26. The van der Waals surface area contributed by atoms with Crippen LogP contribution in [-0.4, -0.2) is 73.8 Å². The zero-order valence-electron chi connectivity index (χ0n) is 21.6. The Balaban J connectivity index is 1.55. The number of hydrogen-bond acceptors (Lipinski definition) is 7. The van der Waals surface area contributed by atoms with E-state index in [-0.39, 0.29) is 11.8 Å². The van der Waals surface area contributed by atoms with E-state index in [0.29, 0.717) is 65.7 Å². The summed E-state index contributed by atoms with van der Waals surface area (Å²) in [7, 11) is 3.31. The predicted molar refractivity (Wildman–Crippen MR) is 147 cm³/mol. The van der Waals surface area contributed by atoms with Gasteiger partial charge in [-0.2, -0.15) is 0 Å². The van der Waals surface area contributed by atoms with Crippen LogP contribution in [0.5, 0.6) is 11.5 Å². The fraction of sp³-hybridized carbons (Fsp3) is 0.393. The quantitative estimate of drug-likeness (QED) is 0.341. The zero-order valence-corrected chi connectivity index (χ0v) is 22.4. The summed E-state index contributed by atoms with van der Waals surface area (Å²) in [6, 6.07) is 12.8. The van der Waals surface area contributed by atoms with Crippen molar-refractivity contribution >= 4 is 40.5 Å². The Kier molecular flexibility index (Phi) is 9.24. The van der Waals surface area contributed by atoms with Crippen molar-refractivity contribution in [2.24, 2.45) is 4.99 Å². The van der Waals surface area contributed by atoms with E-state index in [1.54, 1.807) is 31.2 Å². The second-order valence-corrected chi connectivity index (χ2v) is 9.77. The number of rotatable bonds is 9. The van der Waals surface area contributed by atoms with Crippen LogP contribution >= 0.6 is 11.8 Å². The number of thioether (sulfide) groups is 1. The highest BCUT2D eigenvalue weighted by molar-refractivity contribution is 8.18. The van der Waals surface area contributed by atoms with E-state index in [1.807, 2.05) is 36.4 Å². The van der Waals surface area contributed by atoms with Gasteiger partial charge in [-0.3, -0.25) is 14.5 Å². The van der Waals surface area contributed by atoms with E-state index < -0.39 is 0 Å². The van der Waals surface area contributed by atoms with Crippen molar-refractivity contribution in [2.75, 3.05) is 47.1 Å². The smallest absolute Gasteiger partial charge is 0.266 e. The van der Waals surface area contributed by atoms with Gasteiger partial charge >= 0.3 is 0 Å². The first-order valence-electron chi connectivity index (χ1n) is 12.5. The molecule has 2 heterocycles. The van der Waals surface area contributed by atoms with Gasteiger partial charge in [-0.1, -0.05) is 38.0 Å². The maximum Gasteiger partial charge on any atom is 0.266 e. The fourth-order valence-electron chi connectivity index (χ4n) is 4.05. The summed E-state index contributed by atoms with van der Waals surface area (Å²) in [4.78, 5) is 34.5. The molecule has 0 unspecified atom stereocenters. The first-order valence-corrected chi connectivity index (χ1v) is 13.4. The monoisotopic (exact) mass is 523 g/mol. The van der Waals surface area contributed by atoms with E-state index in [0.717, 1.165) is 24.8 Å². The average Bonchev–Trinajstić information content (AvgIpc) is 3.19. The number of para-hydroxylation sites is 1. The van der Waals surface area contributed by atoms with Crippen molar-refractivity contribution < 1.29 is 23.8 Å². The summed E-state index contributed by atoms with van der Waals surface area (Å²) in [5, 5.41) is 0.542. The highest BCUT2D eigenvalue weighted by Gasteiger charge is 2.31. The molecule has 2 aliphatic rings. The van der Waals surface area contributed by atoms with E-state index in [4.69, 9.17) is 14.2 Å². The van der Waals surface area contributed by atoms with Crippen LogP contribution in [0.15, 0.2) is 52.4 Å². The number of benzene rings is 2. The second kappa shape index (κ2) is 12.8. The lowest BCUT2D eigenvalue weighted by Crippen LogP contribution is -2.40. The Hall–Kier alpha value is -3.30. The Morgan fingerprint density at radius 2 is 1.95 bits per heavy atom. The third-order valence-corrected chi connectivity index (χ3v) is 7.19. The highest BCUT2D eigenvalue weighted by atomic mass is 32.2. The number of amidine groups is 1. The number of carbonyl (C=O) groups is 2. The lowest BCUT2D eigenvalue weighted by molar-refractivity contribution is -0.121. The van der Waals surface area contributed by atoms with Crippen molar-refractivity contribution in [3.63, 3.8) is 0 Å². The Morgan fingerprint density at radius 1 is 1.16 bits per heavy atom. The van der Waals surface area contributed by atoms with Gasteiger partial charge in [-0.05, 0) is 48.5 Å². The first-order chi connectivity index (χ1) is 18.0. The molecule has 2 fully saturated rings. The molecule has 9 heteroatoms. The van der Waals surface area contributed by atoms with Gasteiger partial charge in [-0.15, -0.1) is 0 Å². The predicted octanol–water partition coefficient (Wildman–Crippen LogP) is 4.97. The lowest BCUT2D eigenvalue weighted by atomic mass is 10.1. The third kappa shape index (κ3) is 6.53. The molecule has 2 aromatic carbocycles. The number of morpholine rings is 1. The highest BCUT2D eigenvalue weighted by Crippen LogP contribution is 2.38. The van der Waals surface area contributed by atoms with Gasteiger partial charge in [0.1, 0.15) is 0 Å². The van der Waals surface area contributed by atoms with Crippen molar-refractivity contribution in [1.82, 2.24) is 9.80 Å². The molecule has 0 aromatic heterocycles. The molecule has 0 saturated carbocycles. The van der Waals surface area contributed by atoms with E-state index in [2.05, 4.69) is 11.9 Å². The largest absolute Gasteiger partial charge is 0.493 e. The number of unbranched alkanes of at least 4 members (excludes halogenated alkanes) is 2. The Bertz CT molecular complexity index is 1190. The van der Waals surface area contributed by atoms with Crippen LogP contribution in [0, 0.1) is 0 Å². The number of carbonyl (C=O) groups excluding carboxylic acids is 2. The topological polar surface area (TPSA) is 80.7 Å². The van der Waals surface area contributed by atoms with Crippen LogP contribution in [0.4, 0.5) is 5.69 Å². The minimum absolute atomic E-state index is 0.0427. The third-order valence-electron chi connectivity index (χ3n) is 6.13. The molecule has 2 aliphatic heterocycles. The van der Waals surface area contributed by atoms with E-state index in [1.165, 1.54) is 16.7 Å². The van der Waals surface area contributed by atoms with Gasteiger partial charge in [0.2, 0.25) is 0 Å². The zero-order chi connectivity index (χ0) is 26.2. The fourth-order valence-corrected chi connectivity index (χ4v) is 5.03. The Labute approximate surface area is 222 Å². The van der Waals surface area contributed by atoms with Gasteiger partial charge in [0, 0.05) is 31.3 Å². The Morgan fingerprint density at radius 3 is 2.70 bits per heavy atom. The molecule has 2 aromatic rings. The molecular formula is C28H33N3O5S.